The van der Waals surface area contributed by atoms with E-state index in [0.29, 0.717) is 18.8 Å². The van der Waals surface area contributed by atoms with Gasteiger partial charge in [0, 0.05) is 19.3 Å². The Hall–Kier alpha value is -1.69. The van der Waals surface area contributed by atoms with Crippen molar-refractivity contribution in [2.45, 2.75) is 0 Å². The highest BCUT2D eigenvalue weighted by Gasteiger charge is 2.11. The predicted molar refractivity (Wildman–Crippen MR) is 48.4 cm³/mol. The van der Waals surface area contributed by atoms with E-state index < -0.39 is 4.92 Å². The monoisotopic (exact) mass is 182 g/mol. The highest BCUT2D eigenvalue weighted by molar-refractivity contribution is 5.59. The van der Waals surface area contributed by atoms with E-state index in [1.807, 2.05) is 0 Å². The number of rotatable bonds is 4. The van der Waals surface area contributed by atoms with Crippen molar-refractivity contribution in [2.75, 3.05) is 18.4 Å². The normalized spacial score (nSPS) is 9.62. The van der Waals surface area contributed by atoms with Gasteiger partial charge >= 0.3 is 5.69 Å². The second kappa shape index (κ2) is 4.36. The number of pyridine rings is 1. The summed E-state index contributed by atoms with van der Waals surface area (Å²) in [6.07, 6.45) is 2.70. The van der Waals surface area contributed by atoms with Gasteiger partial charge in [-0.2, -0.15) is 0 Å². The van der Waals surface area contributed by atoms with E-state index in [1.54, 1.807) is 6.07 Å². The van der Waals surface area contributed by atoms with Crippen LogP contribution in [0.3, 0.4) is 0 Å². The molecule has 6 nitrogen and oxygen atoms in total. The quantitative estimate of drug-likeness (QED) is 0.518. The van der Waals surface area contributed by atoms with Crippen molar-refractivity contribution in [3.8, 4) is 0 Å². The summed E-state index contributed by atoms with van der Waals surface area (Å²) in [6.45, 7) is 0.935. The first kappa shape index (κ1) is 9.40. The van der Waals surface area contributed by atoms with Gasteiger partial charge in [0.25, 0.3) is 0 Å². The summed E-state index contributed by atoms with van der Waals surface area (Å²) < 4.78 is 0. The average molecular weight is 182 g/mol. The van der Waals surface area contributed by atoms with Crippen molar-refractivity contribution in [3.63, 3.8) is 0 Å². The van der Waals surface area contributed by atoms with E-state index in [-0.39, 0.29) is 5.69 Å². The third-order valence-corrected chi connectivity index (χ3v) is 1.46. The fourth-order valence-corrected chi connectivity index (χ4v) is 0.888. The summed E-state index contributed by atoms with van der Waals surface area (Å²) in [5.74, 6) is 0. The Morgan fingerprint density at radius 1 is 1.69 bits per heavy atom. The van der Waals surface area contributed by atoms with Crippen molar-refractivity contribution in [1.29, 1.82) is 0 Å². The Bertz CT molecular complexity index is 302. The van der Waals surface area contributed by atoms with Crippen molar-refractivity contribution >= 4 is 11.4 Å². The highest BCUT2D eigenvalue weighted by atomic mass is 16.6. The number of nitrogens with one attached hydrogen (secondary N) is 1. The molecule has 3 N–H and O–H groups in total. The predicted octanol–water partition coefficient (Wildman–Crippen LogP) is 0.360. The van der Waals surface area contributed by atoms with Gasteiger partial charge in [0.1, 0.15) is 11.9 Å². The van der Waals surface area contributed by atoms with Gasteiger partial charge in [-0.15, -0.1) is 0 Å². The van der Waals surface area contributed by atoms with E-state index in [9.17, 15) is 10.1 Å². The van der Waals surface area contributed by atoms with Gasteiger partial charge in [-0.1, -0.05) is 0 Å². The molecule has 70 valence electrons. The second-order valence-electron chi connectivity index (χ2n) is 2.37. The lowest BCUT2D eigenvalue weighted by atomic mass is 10.3. The molecule has 0 aliphatic heterocycles. The maximum Gasteiger partial charge on any atom is 0.310 e. The number of nitrogens with two attached hydrogens (primary N) is 1. The number of hydrogen-bond donors (Lipinski definition) is 2. The van der Waals surface area contributed by atoms with Gasteiger partial charge in [-0.25, -0.2) is 0 Å². The molecule has 1 aromatic heterocycles. The van der Waals surface area contributed by atoms with Gasteiger partial charge in [0.15, 0.2) is 0 Å². The molecule has 6 heteroatoms. The zero-order valence-corrected chi connectivity index (χ0v) is 6.93. The largest absolute Gasteiger partial charge is 0.378 e. The summed E-state index contributed by atoms with van der Waals surface area (Å²) in [5.41, 5.74) is 5.67. The topological polar surface area (TPSA) is 94.1 Å². The Morgan fingerprint density at radius 3 is 3.08 bits per heavy atom. The van der Waals surface area contributed by atoms with Crippen LogP contribution in [0.2, 0.25) is 0 Å². The van der Waals surface area contributed by atoms with Gasteiger partial charge in [0.2, 0.25) is 0 Å². The van der Waals surface area contributed by atoms with Crippen LogP contribution in [-0.4, -0.2) is 23.0 Å². The van der Waals surface area contributed by atoms with Crippen molar-refractivity contribution in [1.82, 2.24) is 4.98 Å². The maximum atomic E-state index is 10.5. The standard InChI is InChI=1S/C7H10N4O2/c8-2-4-10-6-1-3-9-5-7(6)11(12)13/h1,3,5H,2,4,8H2,(H,9,10). The molecule has 0 aromatic carbocycles. The first-order chi connectivity index (χ1) is 6.25. The molecule has 0 radical (unpaired) electrons. The van der Waals surface area contributed by atoms with Crippen molar-refractivity contribution in [2.24, 2.45) is 5.73 Å². The molecule has 0 fully saturated rings. The second-order valence-corrected chi connectivity index (χ2v) is 2.37. The molecule has 0 spiro atoms. The molecule has 0 unspecified atom stereocenters. The molecule has 1 heterocycles. The Labute approximate surface area is 74.9 Å². The Morgan fingerprint density at radius 2 is 2.46 bits per heavy atom. The van der Waals surface area contributed by atoms with Crippen LogP contribution in [0, 0.1) is 10.1 Å². The zero-order valence-electron chi connectivity index (χ0n) is 6.93. The minimum atomic E-state index is -0.480. The lowest BCUT2D eigenvalue weighted by Gasteiger charge is -2.03. The van der Waals surface area contributed by atoms with E-state index >= 15 is 0 Å². The molecular formula is C7H10N4O2. The minimum absolute atomic E-state index is 0.0315. The first-order valence-corrected chi connectivity index (χ1v) is 3.78. The highest BCUT2D eigenvalue weighted by Crippen LogP contribution is 2.20. The Kier molecular flexibility index (Phi) is 3.15. The summed E-state index contributed by atoms with van der Waals surface area (Å²) in [5, 5.41) is 13.3. The number of hydrogen-bond acceptors (Lipinski definition) is 5. The summed E-state index contributed by atoms with van der Waals surface area (Å²) in [7, 11) is 0. The lowest BCUT2D eigenvalue weighted by Crippen LogP contribution is -2.13. The molecule has 0 saturated carbocycles. The van der Waals surface area contributed by atoms with E-state index in [2.05, 4.69) is 10.3 Å². The maximum absolute atomic E-state index is 10.5. The summed E-state index contributed by atoms with van der Waals surface area (Å²) in [6, 6.07) is 1.55. The molecule has 0 aliphatic carbocycles. The van der Waals surface area contributed by atoms with Gasteiger partial charge in [0.05, 0.1) is 4.92 Å². The van der Waals surface area contributed by atoms with Gasteiger partial charge in [-0.3, -0.25) is 15.1 Å². The first-order valence-electron chi connectivity index (χ1n) is 3.78. The summed E-state index contributed by atoms with van der Waals surface area (Å²) in [4.78, 5) is 13.7. The number of aromatic nitrogens is 1. The van der Waals surface area contributed by atoms with E-state index in [1.165, 1.54) is 12.4 Å². The molecule has 0 saturated heterocycles. The molecule has 0 aliphatic rings. The average Bonchev–Trinajstić information content (AvgIpc) is 2.15. The fraction of sp³-hybridized carbons (Fsp3) is 0.286. The number of nitrogens with zero attached hydrogens (tertiary/aromatic N) is 2. The van der Waals surface area contributed by atoms with Crippen LogP contribution in [0.15, 0.2) is 18.5 Å². The SMILES string of the molecule is NCCNc1ccncc1[N+](=O)[O-]. The van der Waals surface area contributed by atoms with Crippen LogP contribution in [-0.2, 0) is 0 Å². The van der Waals surface area contributed by atoms with Crippen LogP contribution in [0.4, 0.5) is 11.4 Å². The van der Waals surface area contributed by atoms with E-state index in [4.69, 9.17) is 5.73 Å². The molecular weight excluding hydrogens is 172 g/mol. The molecule has 13 heavy (non-hydrogen) atoms. The number of anilines is 1. The van der Waals surface area contributed by atoms with E-state index in [0.717, 1.165) is 0 Å². The molecule has 1 aromatic rings. The molecule has 0 bridgehead atoms. The molecule has 0 atom stereocenters. The van der Waals surface area contributed by atoms with Crippen molar-refractivity contribution in [3.05, 3.63) is 28.6 Å². The smallest absolute Gasteiger partial charge is 0.310 e. The van der Waals surface area contributed by atoms with Gasteiger partial charge < -0.3 is 11.1 Å². The third-order valence-electron chi connectivity index (χ3n) is 1.46. The van der Waals surface area contributed by atoms with Crippen LogP contribution < -0.4 is 11.1 Å². The zero-order chi connectivity index (χ0) is 9.68. The lowest BCUT2D eigenvalue weighted by molar-refractivity contribution is -0.384. The third kappa shape index (κ3) is 2.38. The fourth-order valence-electron chi connectivity index (χ4n) is 0.888. The Balaban J connectivity index is 2.84. The van der Waals surface area contributed by atoms with Crippen LogP contribution in [0.25, 0.3) is 0 Å². The molecule has 0 amide bonds. The summed E-state index contributed by atoms with van der Waals surface area (Å²) >= 11 is 0. The van der Waals surface area contributed by atoms with Crippen LogP contribution in [0.1, 0.15) is 0 Å². The number of nitro groups is 1. The minimum Gasteiger partial charge on any atom is -0.378 e. The van der Waals surface area contributed by atoms with Crippen LogP contribution >= 0.6 is 0 Å². The van der Waals surface area contributed by atoms with Crippen molar-refractivity contribution < 1.29 is 4.92 Å². The molecule has 1 rings (SSSR count). The van der Waals surface area contributed by atoms with Crippen LogP contribution in [0.5, 0.6) is 0 Å². The van der Waals surface area contributed by atoms with Gasteiger partial charge in [-0.05, 0) is 6.07 Å².